The monoisotopic (exact) mass is 657 g/mol. The van der Waals surface area contributed by atoms with Crippen LogP contribution in [0.2, 0.25) is 0 Å². The van der Waals surface area contributed by atoms with Crippen LogP contribution in [0.5, 0.6) is 6.01 Å². The van der Waals surface area contributed by atoms with E-state index in [0.29, 0.717) is 57.9 Å². The Hall–Kier alpha value is -3.63. The summed E-state index contributed by atoms with van der Waals surface area (Å²) in [5.41, 5.74) is 9.05. The highest BCUT2D eigenvalue weighted by atomic mass is 32.1. The van der Waals surface area contributed by atoms with Crippen LogP contribution in [0.25, 0.3) is 32.1 Å². The number of likely N-dealkylation sites (N-methyl/N-ethyl adjacent to an activating group) is 1. The Labute approximate surface area is 275 Å². The van der Waals surface area contributed by atoms with Crippen LogP contribution in [-0.4, -0.2) is 82.9 Å². The lowest BCUT2D eigenvalue weighted by Gasteiger charge is -2.42. The fraction of sp³-hybridized carbons (Fsp3) is 0.514. The van der Waals surface area contributed by atoms with Crippen molar-refractivity contribution in [1.29, 1.82) is 5.26 Å². The van der Waals surface area contributed by atoms with Gasteiger partial charge in [0.05, 0.1) is 29.7 Å². The molecule has 5 aliphatic heterocycles. The minimum absolute atomic E-state index is 0.118. The van der Waals surface area contributed by atoms with Crippen molar-refractivity contribution in [2.24, 2.45) is 0 Å². The van der Waals surface area contributed by atoms with Gasteiger partial charge in [-0.15, -0.1) is 11.3 Å². The molecule has 12 heteroatoms. The number of nitrogens with zero attached hydrogens (tertiary/aromatic N) is 6. The van der Waals surface area contributed by atoms with E-state index in [1.807, 2.05) is 18.2 Å². The number of hydrogen-bond acceptors (Lipinski definition) is 10. The van der Waals surface area contributed by atoms with Crippen LogP contribution >= 0.6 is 11.3 Å². The summed E-state index contributed by atoms with van der Waals surface area (Å²) in [7, 11) is 0. The summed E-state index contributed by atoms with van der Waals surface area (Å²) in [4.78, 5) is 17.0. The van der Waals surface area contributed by atoms with Gasteiger partial charge in [-0.3, -0.25) is 9.80 Å². The van der Waals surface area contributed by atoms with E-state index in [1.54, 1.807) is 0 Å². The van der Waals surface area contributed by atoms with Crippen molar-refractivity contribution < 1.29 is 18.3 Å². The molecule has 9 rings (SSSR count). The lowest BCUT2D eigenvalue weighted by atomic mass is 9.90. The molecule has 7 heterocycles. The van der Waals surface area contributed by atoms with Gasteiger partial charge in [-0.05, 0) is 61.5 Å². The van der Waals surface area contributed by atoms with Crippen LogP contribution in [0.4, 0.5) is 19.6 Å². The van der Waals surface area contributed by atoms with E-state index < -0.39 is 12.0 Å². The molecule has 4 fully saturated rings. The van der Waals surface area contributed by atoms with Crippen molar-refractivity contribution in [3.8, 4) is 23.2 Å². The zero-order valence-electron chi connectivity index (χ0n) is 26.4. The zero-order valence-corrected chi connectivity index (χ0v) is 27.2. The first-order valence-electron chi connectivity index (χ1n) is 16.8. The van der Waals surface area contributed by atoms with Crippen LogP contribution < -0.4 is 15.4 Å². The third-order valence-corrected chi connectivity index (χ3v) is 12.3. The largest absolute Gasteiger partial charge is 0.461 e. The second kappa shape index (κ2) is 11.0. The van der Waals surface area contributed by atoms with E-state index in [9.17, 15) is 9.65 Å². The second-order valence-electron chi connectivity index (χ2n) is 13.8. The minimum atomic E-state index is -0.882. The first kappa shape index (κ1) is 29.5. The van der Waals surface area contributed by atoms with Gasteiger partial charge in [0.25, 0.3) is 0 Å². The molecule has 2 bridgehead atoms. The number of aromatic nitrogens is 2. The van der Waals surface area contributed by atoms with Crippen molar-refractivity contribution in [2.75, 3.05) is 50.0 Å². The summed E-state index contributed by atoms with van der Waals surface area (Å²) in [6.07, 6.45) is 3.47. The van der Waals surface area contributed by atoms with Gasteiger partial charge in [-0.2, -0.15) is 15.2 Å². The number of thiophene rings is 1. The Balaban J connectivity index is 1.25. The van der Waals surface area contributed by atoms with Gasteiger partial charge in [-0.25, -0.2) is 8.78 Å². The number of halogens is 2. The second-order valence-corrected chi connectivity index (χ2v) is 14.9. The molecule has 47 heavy (non-hydrogen) atoms. The smallest absolute Gasteiger partial charge is 0.319 e. The van der Waals surface area contributed by atoms with Crippen molar-refractivity contribution in [2.45, 2.75) is 76.0 Å². The lowest BCUT2D eigenvalue weighted by Crippen LogP contribution is -2.54. The Kier molecular flexibility index (Phi) is 6.88. The maximum atomic E-state index is 17.4. The first-order chi connectivity index (χ1) is 22.9. The molecule has 5 aliphatic rings. The average molecular weight is 658 g/mol. The van der Waals surface area contributed by atoms with E-state index in [0.717, 1.165) is 67.7 Å². The standard InChI is InChI=1S/C35H37F2N7O2S/c1-2-42-14-20-7-8-21(15-42)44(20)33-29-25-17-45-16-24(25)28(22-5-3-6-26-27(22)23(12-38)32(39)47-26)30(37)31(29)40-34(41-33)46-18-35-9-4-10-43(35)13-19(36)11-35/h3,5-6,19-21H,2,4,7-11,13-18,39H2,1H3/t19-,20?,21?,35+/m1/s1. The number of nitriles is 1. The third-order valence-electron chi connectivity index (χ3n) is 11.4. The van der Waals surface area contributed by atoms with Crippen LogP contribution in [0.1, 0.15) is 55.7 Å². The van der Waals surface area contributed by atoms with E-state index in [2.05, 4.69) is 27.7 Å². The van der Waals surface area contributed by atoms with Crippen LogP contribution in [0.15, 0.2) is 18.2 Å². The molecule has 2 aromatic heterocycles. The van der Waals surface area contributed by atoms with Crippen molar-refractivity contribution in [3.05, 3.63) is 40.7 Å². The molecular formula is C35H37F2N7O2S. The molecule has 244 valence electrons. The molecule has 2 aromatic carbocycles. The number of nitrogens with two attached hydrogens (primary N) is 1. The van der Waals surface area contributed by atoms with Crippen molar-refractivity contribution >= 4 is 43.1 Å². The number of piperazine rings is 1. The molecule has 0 saturated carbocycles. The zero-order chi connectivity index (χ0) is 32.0. The number of anilines is 2. The van der Waals surface area contributed by atoms with Crippen LogP contribution in [-0.2, 0) is 18.0 Å². The molecule has 9 nitrogen and oxygen atoms in total. The summed E-state index contributed by atoms with van der Waals surface area (Å²) < 4.78 is 45.4. The number of hydrogen-bond donors (Lipinski definition) is 1. The predicted octanol–water partition coefficient (Wildman–Crippen LogP) is 5.76. The highest BCUT2D eigenvalue weighted by molar-refractivity contribution is 7.23. The Morgan fingerprint density at radius 3 is 2.74 bits per heavy atom. The summed E-state index contributed by atoms with van der Waals surface area (Å²) in [5, 5.41) is 11.8. The van der Waals surface area contributed by atoms with Crippen LogP contribution in [0.3, 0.4) is 0 Å². The summed E-state index contributed by atoms with van der Waals surface area (Å²) >= 11 is 1.33. The van der Waals surface area contributed by atoms with Gasteiger partial charge in [-0.1, -0.05) is 19.1 Å². The Morgan fingerprint density at radius 2 is 1.96 bits per heavy atom. The fourth-order valence-corrected chi connectivity index (χ4v) is 10.2. The predicted molar refractivity (Wildman–Crippen MR) is 178 cm³/mol. The van der Waals surface area contributed by atoms with E-state index in [4.69, 9.17) is 25.2 Å². The molecule has 0 amide bonds. The van der Waals surface area contributed by atoms with E-state index >= 15 is 4.39 Å². The molecule has 4 atom stereocenters. The van der Waals surface area contributed by atoms with Crippen LogP contribution in [0, 0.1) is 17.1 Å². The lowest BCUT2D eigenvalue weighted by molar-refractivity contribution is 0.107. The summed E-state index contributed by atoms with van der Waals surface area (Å²) in [6.45, 7) is 7.10. The van der Waals surface area contributed by atoms with Crippen molar-refractivity contribution in [1.82, 2.24) is 19.8 Å². The highest BCUT2D eigenvalue weighted by Crippen LogP contribution is 2.48. The van der Waals surface area contributed by atoms with Crippen molar-refractivity contribution in [3.63, 3.8) is 0 Å². The fourth-order valence-electron chi connectivity index (χ4n) is 9.25. The minimum Gasteiger partial charge on any atom is -0.461 e. The van der Waals surface area contributed by atoms with Gasteiger partial charge in [0.2, 0.25) is 0 Å². The first-order valence-corrected chi connectivity index (χ1v) is 17.6. The molecule has 4 aromatic rings. The number of fused-ring (bicyclic) bond motifs is 7. The molecule has 2 unspecified atom stereocenters. The van der Waals surface area contributed by atoms with Gasteiger partial charge in [0.1, 0.15) is 35.2 Å². The number of nitrogen functional groups attached to an aromatic ring is 1. The topological polar surface area (TPSA) is 104 Å². The molecule has 0 aliphatic carbocycles. The SMILES string of the molecule is CCN1CC2CCC(C1)N2c1nc(OC[C@@]23CCCN2C[C@H](F)C3)nc2c(F)c(-c3cccc4sc(N)c(C#N)c34)c3c(c12)COC3. The number of alkyl halides is 1. The number of rotatable bonds is 6. The quantitative estimate of drug-likeness (QED) is 0.277. The van der Waals surface area contributed by atoms with E-state index in [1.165, 1.54) is 11.3 Å². The molecule has 4 saturated heterocycles. The Morgan fingerprint density at radius 1 is 1.15 bits per heavy atom. The van der Waals surface area contributed by atoms with Gasteiger partial charge >= 0.3 is 6.01 Å². The molecule has 0 spiro atoms. The normalized spacial score (nSPS) is 27.2. The molecule has 0 radical (unpaired) electrons. The summed E-state index contributed by atoms with van der Waals surface area (Å²) in [5.74, 6) is 0.218. The van der Waals surface area contributed by atoms with Gasteiger partial charge < -0.3 is 20.1 Å². The van der Waals surface area contributed by atoms with E-state index in [-0.39, 0.29) is 42.4 Å². The summed E-state index contributed by atoms with van der Waals surface area (Å²) in [6, 6.07) is 8.48. The maximum absolute atomic E-state index is 17.4. The molecular weight excluding hydrogens is 620 g/mol. The third kappa shape index (κ3) is 4.39. The Bertz CT molecular complexity index is 1970. The van der Waals surface area contributed by atoms with Gasteiger partial charge in [0.15, 0.2) is 5.82 Å². The number of ether oxygens (including phenoxy) is 2. The van der Waals surface area contributed by atoms with Gasteiger partial charge in [0, 0.05) is 53.8 Å². The number of likely N-dealkylation sites (tertiary alicyclic amines) is 1. The highest BCUT2D eigenvalue weighted by Gasteiger charge is 2.50. The average Bonchev–Trinajstić information content (AvgIpc) is 3.87. The molecule has 2 N–H and O–H groups in total. The maximum Gasteiger partial charge on any atom is 0.319 e. The number of benzene rings is 2.